The highest BCUT2D eigenvalue weighted by Crippen LogP contribution is 2.42. The maximum Gasteiger partial charge on any atom is 0.276 e. The van der Waals surface area contributed by atoms with Crippen molar-refractivity contribution in [3.8, 4) is 0 Å². The summed E-state index contributed by atoms with van der Waals surface area (Å²) >= 11 is 17.0. The maximum absolute atomic E-state index is 12.1. The van der Waals surface area contributed by atoms with Crippen LogP contribution in [-0.4, -0.2) is 63.5 Å². The minimum absolute atomic E-state index is 0.0155. The van der Waals surface area contributed by atoms with Crippen LogP contribution in [0.2, 0.25) is 0 Å². The molecular weight excluding hydrogens is 631 g/mol. The Morgan fingerprint density at radius 3 is 2.14 bits per heavy atom. The van der Waals surface area contributed by atoms with Gasteiger partial charge in [0.1, 0.15) is 0 Å². The fraction of sp³-hybridized carbons (Fsp3) is 0.387. The van der Waals surface area contributed by atoms with E-state index in [1.807, 2.05) is 24.3 Å². The number of nitro benzene ring substituents is 1. The second-order valence-corrected chi connectivity index (χ2v) is 13.2. The van der Waals surface area contributed by atoms with E-state index in [0.29, 0.717) is 12.2 Å². The van der Waals surface area contributed by atoms with Crippen LogP contribution in [0.15, 0.2) is 72.8 Å². The molecule has 2 saturated heterocycles. The monoisotopic (exact) mass is 662 g/mol. The van der Waals surface area contributed by atoms with Crippen molar-refractivity contribution in [2.75, 3.05) is 42.9 Å². The summed E-state index contributed by atoms with van der Waals surface area (Å²) in [6.45, 7) is 5.96. The number of hydrogen-bond donors (Lipinski definition) is 2. The van der Waals surface area contributed by atoms with E-state index >= 15 is 0 Å². The molecule has 2 fully saturated rings. The zero-order chi connectivity index (χ0) is 31.4. The zero-order valence-electron chi connectivity index (χ0n) is 23.9. The highest BCUT2D eigenvalue weighted by atomic mass is 35.6. The van der Waals surface area contributed by atoms with Crippen molar-refractivity contribution in [3.05, 3.63) is 99.6 Å². The molecule has 4 atom stereocenters. The number of ether oxygens (including phenoxy) is 2. The molecule has 3 aromatic carbocycles. The molecule has 0 spiro atoms. The normalized spacial score (nSPS) is 22.9. The summed E-state index contributed by atoms with van der Waals surface area (Å²) in [4.78, 5) is 27.3. The number of rotatable bonds is 8. The third-order valence-corrected chi connectivity index (χ3v) is 8.57. The van der Waals surface area contributed by atoms with Gasteiger partial charge in [-0.1, -0.05) is 78.1 Å². The van der Waals surface area contributed by atoms with Crippen LogP contribution in [-0.2, 0) is 20.9 Å². The predicted octanol–water partition coefficient (Wildman–Crippen LogP) is 6.01. The van der Waals surface area contributed by atoms with Crippen molar-refractivity contribution in [1.29, 1.82) is 0 Å². The summed E-state index contributed by atoms with van der Waals surface area (Å²) in [6.07, 6.45) is -1.10. The molecule has 1 amide bonds. The molecule has 0 bridgehead atoms. The van der Waals surface area contributed by atoms with Crippen molar-refractivity contribution in [2.24, 2.45) is 5.92 Å². The maximum atomic E-state index is 12.1. The number of non-ortho nitro benzene ring substituents is 1. The number of halogens is 3. The number of hydrogen-bond acceptors (Lipinski definition) is 8. The molecular formula is C31H33Cl3N4O6. The molecule has 0 radical (unpaired) electrons. The highest BCUT2D eigenvalue weighted by Gasteiger charge is 2.39. The Hall–Kier alpha value is -2.96. The summed E-state index contributed by atoms with van der Waals surface area (Å²) in [6, 6.07) is 21.4. The number of aliphatic hydroxyl groups excluding tert-OH is 1. The lowest BCUT2D eigenvalue weighted by Gasteiger charge is -2.44. The number of alkyl halides is 3. The summed E-state index contributed by atoms with van der Waals surface area (Å²) in [5.74, 6) is -0.740. The van der Waals surface area contributed by atoms with Gasteiger partial charge in [-0.15, -0.1) is 0 Å². The zero-order valence-corrected chi connectivity index (χ0v) is 26.2. The summed E-state index contributed by atoms with van der Waals surface area (Å²) in [5, 5.41) is 23.1. The minimum atomic E-state index is -2.08. The van der Waals surface area contributed by atoms with Gasteiger partial charge >= 0.3 is 0 Å². The summed E-state index contributed by atoms with van der Waals surface area (Å²) in [5.41, 5.74) is 4.09. The van der Waals surface area contributed by atoms with E-state index in [-0.39, 0.29) is 30.4 Å². The Morgan fingerprint density at radius 1 is 0.955 bits per heavy atom. The smallest absolute Gasteiger partial charge is 0.276 e. The van der Waals surface area contributed by atoms with Gasteiger partial charge in [-0.2, -0.15) is 0 Å². The third-order valence-electron chi connectivity index (χ3n) is 8.06. The van der Waals surface area contributed by atoms with Gasteiger partial charge in [-0.05, 0) is 35.4 Å². The first-order valence-electron chi connectivity index (χ1n) is 14.2. The van der Waals surface area contributed by atoms with E-state index in [4.69, 9.17) is 44.3 Å². The van der Waals surface area contributed by atoms with E-state index in [0.717, 1.165) is 48.6 Å². The van der Waals surface area contributed by atoms with Gasteiger partial charge in [-0.25, -0.2) is 0 Å². The molecule has 3 aromatic rings. The number of anilines is 2. The van der Waals surface area contributed by atoms with Crippen LogP contribution < -0.4 is 10.2 Å². The average molecular weight is 664 g/mol. The summed E-state index contributed by atoms with van der Waals surface area (Å²) in [7, 11) is 0. The summed E-state index contributed by atoms with van der Waals surface area (Å²) < 4.78 is 11.0. The third kappa shape index (κ3) is 7.81. The molecule has 0 saturated carbocycles. The first-order chi connectivity index (χ1) is 21.0. The Bertz CT molecular complexity index is 1430. The van der Waals surface area contributed by atoms with E-state index in [9.17, 15) is 20.0 Å². The number of nitrogens with zero attached hydrogens (tertiary/aromatic N) is 3. The van der Waals surface area contributed by atoms with Gasteiger partial charge in [0.05, 0.1) is 23.7 Å². The van der Waals surface area contributed by atoms with Gasteiger partial charge < -0.3 is 24.8 Å². The molecule has 0 unspecified atom stereocenters. The molecule has 0 aromatic heterocycles. The number of carbonyl (C=O) groups excluding carboxylic acids is 1. The van der Waals surface area contributed by atoms with Crippen LogP contribution in [0.5, 0.6) is 0 Å². The van der Waals surface area contributed by atoms with E-state index < -0.39 is 20.9 Å². The SMILES string of the molecule is C[C@@H]1[C@H](CN2CCN(c3ccc([N+](=O)[O-])cc3)CC2)O[C@H](c2ccc(NC(=O)C(Cl)(Cl)Cl)cc2)O[C@@H]1c1ccc(CO)cc1. The quantitative estimate of drug-likeness (QED) is 0.171. The van der Waals surface area contributed by atoms with E-state index in [2.05, 4.69) is 22.0 Å². The van der Waals surface area contributed by atoms with Crippen LogP contribution >= 0.6 is 34.8 Å². The molecule has 2 aliphatic heterocycles. The standard InChI is InChI=1S/C31H33Cl3N4O6/c1-20-27(18-36-14-16-37(17-15-36)25-10-12-26(13-11-25)38(41)42)43-29(44-28(20)22-4-2-21(19-39)3-5-22)23-6-8-24(9-7-23)35-30(40)31(32,33)34/h2-13,20,27-29,39H,14-19H2,1H3,(H,35,40)/t20-,27+,28+,29+/m1/s1. The van der Waals surface area contributed by atoms with Crippen LogP contribution in [0.25, 0.3) is 0 Å². The fourth-order valence-corrected chi connectivity index (χ4v) is 5.62. The van der Waals surface area contributed by atoms with Gasteiger partial charge in [0.2, 0.25) is 0 Å². The Morgan fingerprint density at radius 2 is 1.57 bits per heavy atom. The molecule has 2 N–H and O–H groups in total. The lowest BCUT2D eigenvalue weighted by molar-refractivity contribution is -0.384. The molecule has 0 aliphatic carbocycles. The van der Waals surface area contributed by atoms with Crippen molar-refractivity contribution < 1.29 is 24.3 Å². The van der Waals surface area contributed by atoms with Gasteiger partial charge in [0, 0.05) is 67.7 Å². The molecule has 10 nitrogen and oxygen atoms in total. The highest BCUT2D eigenvalue weighted by molar-refractivity contribution is 6.76. The molecule has 44 heavy (non-hydrogen) atoms. The lowest BCUT2D eigenvalue weighted by atomic mass is 9.90. The Balaban J connectivity index is 1.29. The predicted molar refractivity (Wildman–Crippen MR) is 170 cm³/mol. The van der Waals surface area contributed by atoms with Gasteiger partial charge in [0.15, 0.2) is 6.29 Å². The van der Waals surface area contributed by atoms with Crippen molar-refractivity contribution >= 4 is 57.8 Å². The second kappa shape index (κ2) is 14.0. The first kappa shape index (κ1) is 32.4. The van der Waals surface area contributed by atoms with Gasteiger partial charge in [0.25, 0.3) is 15.4 Å². The fourth-order valence-electron chi connectivity index (χ4n) is 5.48. The van der Waals surface area contributed by atoms with E-state index in [1.54, 1.807) is 36.4 Å². The number of amides is 1. The van der Waals surface area contributed by atoms with Crippen LogP contribution in [0, 0.1) is 16.0 Å². The van der Waals surface area contributed by atoms with Crippen LogP contribution in [0.3, 0.4) is 0 Å². The lowest BCUT2D eigenvalue weighted by Crippen LogP contribution is -2.51. The molecule has 234 valence electrons. The number of carbonyl (C=O) groups is 1. The van der Waals surface area contributed by atoms with Crippen molar-refractivity contribution in [2.45, 2.75) is 35.8 Å². The van der Waals surface area contributed by atoms with Crippen LogP contribution in [0.1, 0.15) is 36.0 Å². The number of benzene rings is 3. The average Bonchev–Trinajstić information content (AvgIpc) is 3.02. The molecule has 13 heteroatoms. The largest absolute Gasteiger partial charge is 0.392 e. The van der Waals surface area contributed by atoms with Crippen molar-refractivity contribution in [1.82, 2.24) is 4.90 Å². The topological polar surface area (TPSA) is 117 Å². The second-order valence-electron chi connectivity index (χ2n) is 11.0. The minimum Gasteiger partial charge on any atom is -0.392 e. The molecule has 2 heterocycles. The number of nitrogens with one attached hydrogen (secondary N) is 1. The molecule has 5 rings (SSSR count). The number of piperazine rings is 1. The van der Waals surface area contributed by atoms with Crippen LogP contribution in [0.4, 0.5) is 17.1 Å². The van der Waals surface area contributed by atoms with Crippen molar-refractivity contribution in [3.63, 3.8) is 0 Å². The first-order valence-corrected chi connectivity index (χ1v) is 15.4. The van der Waals surface area contributed by atoms with E-state index in [1.165, 1.54) is 12.1 Å². The number of aliphatic hydroxyl groups is 1. The Labute approximate surface area is 270 Å². The van der Waals surface area contributed by atoms with Gasteiger partial charge in [-0.3, -0.25) is 19.8 Å². The number of nitro groups is 1. The molecule has 2 aliphatic rings. The Kier molecular flexibility index (Phi) is 10.3.